The maximum absolute atomic E-state index is 5.83. The summed E-state index contributed by atoms with van der Waals surface area (Å²) >= 11 is 0. The summed E-state index contributed by atoms with van der Waals surface area (Å²) in [6.07, 6.45) is 0. The Morgan fingerprint density at radius 1 is 0.947 bits per heavy atom. The van der Waals surface area contributed by atoms with Gasteiger partial charge < -0.3 is 10.6 Å². The van der Waals surface area contributed by atoms with Gasteiger partial charge in [0.05, 0.1) is 16.7 Å². The third-order valence-electron chi connectivity index (χ3n) is 3.33. The number of nitrogens with two attached hydrogens (primary N) is 1. The summed E-state index contributed by atoms with van der Waals surface area (Å²) in [7, 11) is 4.06. The predicted molar refractivity (Wildman–Crippen MR) is 80.5 cm³/mol. The highest BCUT2D eigenvalue weighted by Crippen LogP contribution is 2.25. The minimum absolute atomic E-state index is 0.496. The molecule has 4 heteroatoms. The molecular formula is C15H16N4. The molecule has 0 aliphatic rings. The molecule has 0 fully saturated rings. The Bertz CT molecular complexity index is 778. The summed E-state index contributed by atoms with van der Waals surface area (Å²) in [5, 5.41) is 2.31. The number of hydrogen-bond acceptors (Lipinski definition) is 4. The van der Waals surface area contributed by atoms with Crippen LogP contribution in [0.1, 0.15) is 5.69 Å². The van der Waals surface area contributed by atoms with Crippen LogP contribution in [0, 0.1) is 6.92 Å². The molecule has 2 N–H and O–H groups in total. The van der Waals surface area contributed by atoms with E-state index in [9.17, 15) is 0 Å². The average Bonchev–Trinajstić information content (AvgIpc) is 2.37. The molecule has 0 saturated carbocycles. The number of hydrogen-bond donors (Lipinski definition) is 1. The van der Waals surface area contributed by atoms with E-state index in [1.54, 1.807) is 0 Å². The van der Waals surface area contributed by atoms with Crippen LogP contribution in [-0.2, 0) is 0 Å². The number of anilines is 2. The van der Waals surface area contributed by atoms with Crippen molar-refractivity contribution < 1.29 is 0 Å². The first-order valence-electron chi connectivity index (χ1n) is 6.19. The minimum Gasteiger partial charge on any atom is -0.382 e. The van der Waals surface area contributed by atoms with E-state index in [4.69, 9.17) is 5.73 Å². The lowest BCUT2D eigenvalue weighted by atomic mass is 10.1. The van der Waals surface area contributed by atoms with E-state index < -0.39 is 0 Å². The van der Waals surface area contributed by atoms with Crippen LogP contribution in [0.15, 0.2) is 30.3 Å². The number of nitrogen functional groups attached to an aromatic ring is 1. The van der Waals surface area contributed by atoms with E-state index in [0.717, 1.165) is 27.5 Å². The molecule has 4 nitrogen and oxygen atoms in total. The van der Waals surface area contributed by atoms with Gasteiger partial charge in [-0.3, -0.25) is 0 Å². The molecule has 0 atom stereocenters. The van der Waals surface area contributed by atoms with Crippen molar-refractivity contribution in [2.24, 2.45) is 0 Å². The van der Waals surface area contributed by atoms with Gasteiger partial charge in [-0.05, 0) is 42.0 Å². The molecule has 2 aromatic carbocycles. The summed E-state index contributed by atoms with van der Waals surface area (Å²) in [6, 6.07) is 10.5. The van der Waals surface area contributed by atoms with Gasteiger partial charge in [0.1, 0.15) is 5.82 Å². The van der Waals surface area contributed by atoms with E-state index in [-0.39, 0.29) is 0 Å². The predicted octanol–water partition coefficient (Wildman–Crippen LogP) is 2.74. The summed E-state index contributed by atoms with van der Waals surface area (Å²) in [5.74, 6) is 0.496. The van der Waals surface area contributed by atoms with Crippen molar-refractivity contribution in [3.63, 3.8) is 0 Å². The first-order valence-corrected chi connectivity index (χ1v) is 6.19. The third-order valence-corrected chi connectivity index (χ3v) is 3.33. The SMILES string of the molecule is Cc1nc2cc3ccc(N(C)C)cc3cc2nc1N. The molecule has 19 heavy (non-hydrogen) atoms. The van der Waals surface area contributed by atoms with E-state index in [0.29, 0.717) is 5.82 Å². The zero-order valence-electron chi connectivity index (χ0n) is 11.3. The lowest BCUT2D eigenvalue weighted by molar-refractivity contribution is 1.13. The van der Waals surface area contributed by atoms with Crippen molar-refractivity contribution in [3.05, 3.63) is 36.0 Å². The fourth-order valence-electron chi connectivity index (χ4n) is 2.17. The highest BCUT2D eigenvalue weighted by atomic mass is 15.1. The van der Waals surface area contributed by atoms with Crippen molar-refractivity contribution >= 4 is 33.3 Å². The molecule has 0 spiro atoms. The van der Waals surface area contributed by atoms with Gasteiger partial charge in [-0.15, -0.1) is 0 Å². The number of aryl methyl sites for hydroxylation is 1. The highest BCUT2D eigenvalue weighted by molar-refractivity contribution is 5.96. The molecule has 0 aliphatic heterocycles. The lowest BCUT2D eigenvalue weighted by Gasteiger charge is -2.13. The smallest absolute Gasteiger partial charge is 0.145 e. The van der Waals surface area contributed by atoms with Crippen LogP contribution >= 0.6 is 0 Å². The zero-order valence-corrected chi connectivity index (χ0v) is 11.3. The maximum atomic E-state index is 5.83. The second-order valence-electron chi connectivity index (χ2n) is 4.96. The quantitative estimate of drug-likeness (QED) is 0.677. The topological polar surface area (TPSA) is 55.0 Å². The Morgan fingerprint density at radius 3 is 2.37 bits per heavy atom. The number of rotatable bonds is 1. The Balaban J connectivity index is 2.32. The molecule has 0 aliphatic carbocycles. The van der Waals surface area contributed by atoms with E-state index in [2.05, 4.69) is 39.1 Å². The molecule has 1 aromatic heterocycles. The molecular weight excluding hydrogens is 236 g/mol. The van der Waals surface area contributed by atoms with E-state index in [1.165, 1.54) is 5.69 Å². The fourth-order valence-corrected chi connectivity index (χ4v) is 2.17. The Labute approximate surface area is 111 Å². The van der Waals surface area contributed by atoms with Gasteiger partial charge in [0.2, 0.25) is 0 Å². The van der Waals surface area contributed by atoms with Crippen LogP contribution in [0.2, 0.25) is 0 Å². The van der Waals surface area contributed by atoms with Crippen LogP contribution in [0.5, 0.6) is 0 Å². The van der Waals surface area contributed by atoms with Crippen LogP contribution in [-0.4, -0.2) is 24.1 Å². The number of benzene rings is 2. The second kappa shape index (κ2) is 4.09. The van der Waals surface area contributed by atoms with Crippen LogP contribution in [0.3, 0.4) is 0 Å². The van der Waals surface area contributed by atoms with Gasteiger partial charge in [-0.25, -0.2) is 9.97 Å². The minimum atomic E-state index is 0.496. The second-order valence-corrected chi connectivity index (χ2v) is 4.96. The molecule has 3 aromatic rings. The van der Waals surface area contributed by atoms with Crippen molar-refractivity contribution in [1.82, 2.24) is 9.97 Å². The van der Waals surface area contributed by atoms with Crippen LogP contribution in [0.25, 0.3) is 21.8 Å². The summed E-state index contributed by atoms with van der Waals surface area (Å²) in [6.45, 7) is 1.88. The molecule has 96 valence electrons. The van der Waals surface area contributed by atoms with Crippen LogP contribution < -0.4 is 10.6 Å². The fraction of sp³-hybridized carbons (Fsp3) is 0.200. The molecule has 3 rings (SSSR count). The third kappa shape index (κ3) is 1.95. The summed E-state index contributed by atoms with van der Waals surface area (Å²) in [5.41, 5.74) is 9.49. The lowest BCUT2D eigenvalue weighted by Crippen LogP contribution is -2.08. The van der Waals surface area contributed by atoms with Gasteiger partial charge in [0.15, 0.2) is 0 Å². The van der Waals surface area contributed by atoms with Gasteiger partial charge in [0, 0.05) is 19.8 Å². The molecule has 0 bridgehead atoms. The van der Waals surface area contributed by atoms with Crippen molar-refractivity contribution in [2.45, 2.75) is 6.92 Å². The van der Waals surface area contributed by atoms with Crippen LogP contribution in [0.4, 0.5) is 11.5 Å². The maximum Gasteiger partial charge on any atom is 0.145 e. The van der Waals surface area contributed by atoms with Crippen molar-refractivity contribution in [2.75, 3.05) is 24.7 Å². The molecule has 0 unspecified atom stereocenters. The number of aromatic nitrogens is 2. The monoisotopic (exact) mass is 252 g/mol. The molecule has 0 amide bonds. The highest BCUT2D eigenvalue weighted by Gasteiger charge is 2.05. The average molecular weight is 252 g/mol. The number of nitrogens with zero attached hydrogens (tertiary/aromatic N) is 3. The summed E-state index contributed by atoms with van der Waals surface area (Å²) in [4.78, 5) is 11.0. The number of fused-ring (bicyclic) bond motifs is 2. The van der Waals surface area contributed by atoms with E-state index >= 15 is 0 Å². The molecule has 0 saturated heterocycles. The van der Waals surface area contributed by atoms with Gasteiger partial charge in [-0.1, -0.05) is 6.07 Å². The van der Waals surface area contributed by atoms with Crippen molar-refractivity contribution in [3.8, 4) is 0 Å². The Kier molecular flexibility index (Phi) is 2.52. The Hall–Kier alpha value is -2.36. The van der Waals surface area contributed by atoms with Gasteiger partial charge >= 0.3 is 0 Å². The van der Waals surface area contributed by atoms with Gasteiger partial charge in [0.25, 0.3) is 0 Å². The van der Waals surface area contributed by atoms with Crippen molar-refractivity contribution in [1.29, 1.82) is 0 Å². The Morgan fingerprint density at radius 2 is 1.63 bits per heavy atom. The first-order chi connectivity index (χ1) is 9.04. The molecule has 0 radical (unpaired) electrons. The first kappa shape index (κ1) is 11.7. The normalized spacial score (nSPS) is 11.1. The van der Waals surface area contributed by atoms with Gasteiger partial charge in [-0.2, -0.15) is 0 Å². The summed E-state index contributed by atoms with van der Waals surface area (Å²) < 4.78 is 0. The largest absolute Gasteiger partial charge is 0.382 e. The zero-order chi connectivity index (χ0) is 13.6. The van der Waals surface area contributed by atoms with E-state index in [1.807, 2.05) is 27.1 Å². The molecule has 1 heterocycles. The standard InChI is InChI=1S/C15H16N4/c1-9-15(16)18-14-8-11-6-12(19(2)3)5-4-10(11)7-13(14)17-9/h4-8H,1-3H3,(H2,16,18).